The molecular weight excluding hydrogens is 372 g/mol. The predicted molar refractivity (Wildman–Crippen MR) is 97.8 cm³/mol. The van der Waals surface area contributed by atoms with E-state index >= 15 is 0 Å². The molecule has 0 aliphatic rings. The molecule has 27 heavy (non-hydrogen) atoms. The van der Waals surface area contributed by atoms with Gasteiger partial charge < -0.3 is 0 Å². The number of hydrogen-bond acceptors (Lipinski definition) is 5. The molecule has 134 valence electrons. The summed E-state index contributed by atoms with van der Waals surface area (Å²) < 4.78 is 27.7. The van der Waals surface area contributed by atoms with Crippen LogP contribution in [0.1, 0.15) is 16.8 Å². The van der Waals surface area contributed by atoms with Crippen molar-refractivity contribution < 1.29 is 8.78 Å². The lowest BCUT2D eigenvalue weighted by Gasteiger charge is -2.00. The highest BCUT2D eigenvalue weighted by Crippen LogP contribution is 2.07. The Bertz CT molecular complexity index is 1310. The summed E-state index contributed by atoms with van der Waals surface area (Å²) in [6, 6.07) is 11.5. The van der Waals surface area contributed by atoms with Crippen molar-refractivity contribution in [2.24, 2.45) is 0 Å². The summed E-state index contributed by atoms with van der Waals surface area (Å²) >= 11 is 1.00. The quantitative estimate of drug-likeness (QED) is 0.542. The van der Waals surface area contributed by atoms with Gasteiger partial charge in [0.15, 0.2) is 0 Å². The van der Waals surface area contributed by atoms with E-state index in [0.29, 0.717) is 15.7 Å². The van der Waals surface area contributed by atoms with Gasteiger partial charge in [-0.3, -0.25) is 9.59 Å². The van der Waals surface area contributed by atoms with Gasteiger partial charge in [0.25, 0.3) is 11.1 Å². The van der Waals surface area contributed by atoms with E-state index in [1.54, 1.807) is 24.3 Å². The molecule has 0 saturated carbocycles. The molecule has 2 heterocycles. The second kappa shape index (κ2) is 6.81. The first-order valence-corrected chi connectivity index (χ1v) is 8.76. The number of thiazole rings is 1. The average Bonchev–Trinajstić information content (AvgIpc) is 2.92. The minimum atomic E-state index is -0.544. The third kappa shape index (κ3) is 3.52. The zero-order valence-electron chi connectivity index (χ0n) is 13.7. The molecule has 8 heteroatoms. The number of benzene rings is 2. The van der Waals surface area contributed by atoms with E-state index in [9.17, 15) is 18.4 Å². The molecule has 0 bridgehead atoms. The molecule has 0 unspecified atom stereocenters. The number of hydrogen-bond donors (Lipinski definition) is 0. The van der Waals surface area contributed by atoms with Gasteiger partial charge in [-0.25, -0.2) is 8.78 Å². The van der Waals surface area contributed by atoms with E-state index in [1.807, 2.05) is 0 Å². The molecule has 2 aromatic heterocycles. The number of aromatic nitrogens is 3. The van der Waals surface area contributed by atoms with Crippen molar-refractivity contribution in [3.8, 4) is 0 Å². The van der Waals surface area contributed by atoms with Gasteiger partial charge in [0.05, 0.1) is 4.53 Å². The number of nitrogens with zero attached hydrogens (tertiary/aromatic N) is 3. The first kappa shape index (κ1) is 17.2. The second-order valence-corrected chi connectivity index (χ2v) is 6.84. The first-order valence-electron chi connectivity index (χ1n) is 7.94. The van der Waals surface area contributed by atoms with Gasteiger partial charge in [0.2, 0.25) is 4.96 Å². The molecule has 5 nitrogen and oxygen atoms in total. The molecule has 2 aromatic carbocycles. The predicted octanol–water partition coefficient (Wildman–Crippen LogP) is 1.93. The number of halogens is 2. The zero-order chi connectivity index (χ0) is 19.0. The Kier molecular flexibility index (Phi) is 4.33. The normalized spacial score (nSPS) is 12.0. The molecule has 0 spiro atoms. The SMILES string of the molecule is O=c1nc2sc(=Cc3cccc(F)c3)c(=O)n2nc1Cc1ccc(F)cc1. The van der Waals surface area contributed by atoms with E-state index in [4.69, 9.17) is 0 Å². The van der Waals surface area contributed by atoms with Crippen molar-refractivity contribution in [3.63, 3.8) is 0 Å². The van der Waals surface area contributed by atoms with Crippen molar-refractivity contribution in [2.45, 2.75) is 6.42 Å². The van der Waals surface area contributed by atoms with Gasteiger partial charge in [0.1, 0.15) is 17.3 Å². The van der Waals surface area contributed by atoms with Gasteiger partial charge in [0, 0.05) is 6.42 Å². The van der Waals surface area contributed by atoms with Crippen LogP contribution in [0.2, 0.25) is 0 Å². The van der Waals surface area contributed by atoms with Crippen LogP contribution < -0.4 is 15.7 Å². The van der Waals surface area contributed by atoms with Crippen LogP contribution in [0.15, 0.2) is 58.1 Å². The van der Waals surface area contributed by atoms with Gasteiger partial charge in [-0.1, -0.05) is 35.6 Å². The van der Waals surface area contributed by atoms with Crippen LogP contribution in [0.3, 0.4) is 0 Å². The largest absolute Gasteiger partial charge is 0.296 e. The van der Waals surface area contributed by atoms with E-state index < -0.39 is 16.9 Å². The Morgan fingerprint density at radius 1 is 1.04 bits per heavy atom. The maximum atomic E-state index is 13.3. The van der Waals surface area contributed by atoms with Crippen LogP contribution in [0.5, 0.6) is 0 Å². The highest BCUT2D eigenvalue weighted by atomic mass is 32.1. The highest BCUT2D eigenvalue weighted by Gasteiger charge is 2.12. The molecule has 0 radical (unpaired) electrons. The molecule has 0 aliphatic heterocycles. The summed E-state index contributed by atoms with van der Waals surface area (Å²) in [4.78, 5) is 28.9. The maximum absolute atomic E-state index is 13.3. The lowest BCUT2D eigenvalue weighted by molar-refractivity contribution is 0.627. The van der Waals surface area contributed by atoms with Crippen molar-refractivity contribution in [1.29, 1.82) is 0 Å². The van der Waals surface area contributed by atoms with E-state index in [-0.39, 0.29) is 22.9 Å². The van der Waals surface area contributed by atoms with Crippen molar-refractivity contribution in [2.75, 3.05) is 0 Å². The molecule has 4 aromatic rings. The standard InChI is InChI=1S/C19H11F2N3O2S/c20-13-6-4-11(5-7-13)9-15-17(25)22-19-24(23-15)18(26)16(27-19)10-12-2-1-3-14(21)8-12/h1-8,10H,9H2. The van der Waals surface area contributed by atoms with Crippen LogP contribution in [-0.2, 0) is 6.42 Å². The Labute approximate surface area is 154 Å². The topological polar surface area (TPSA) is 64.3 Å². The van der Waals surface area contributed by atoms with Crippen molar-refractivity contribution >= 4 is 22.4 Å². The minimum absolute atomic E-state index is 0.0892. The van der Waals surface area contributed by atoms with Crippen LogP contribution in [0.25, 0.3) is 11.0 Å². The molecule has 0 aliphatic carbocycles. The third-order valence-corrected chi connectivity index (χ3v) is 4.84. The monoisotopic (exact) mass is 383 g/mol. The summed E-state index contributed by atoms with van der Waals surface area (Å²) in [5, 5.41) is 4.12. The number of fused-ring (bicyclic) bond motifs is 1. The summed E-state index contributed by atoms with van der Waals surface area (Å²) in [7, 11) is 0. The van der Waals surface area contributed by atoms with Crippen molar-refractivity contribution in [1.82, 2.24) is 14.6 Å². The fourth-order valence-electron chi connectivity index (χ4n) is 2.60. The van der Waals surface area contributed by atoms with E-state index in [0.717, 1.165) is 15.9 Å². The van der Waals surface area contributed by atoms with Gasteiger partial charge in [-0.2, -0.15) is 14.6 Å². The summed E-state index contributed by atoms with van der Waals surface area (Å²) in [6.45, 7) is 0. The maximum Gasteiger partial charge on any atom is 0.296 e. The molecular formula is C19H11F2N3O2S. The lowest BCUT2D eigenvalue weighted by Crippen LogP contribution is -2.28. The third-order valence-electron chi connectivity index (χ3n) is 3.88. The smallest absolute Gasteiger partial charge is 0.266 e. The summed E-state index contributed by atoms with van der Waals surface area (Å²) in [5.74, 6) is -0.793. The average molecular weight is 383 g/mol. The van der Waals surface area contributed by atoms with Crippen molar-refractivity contribution in [3.05, 3.63) is 102 Å². The fourth-order valence-corrected chi connectivity index (χ4v) is 3.50. The number of rotatable bonds is 3. The molecule has 0 atom stereocenters. The van der Waals surface area contributed by atoms with Crippen LogP contribution >= 0.6 is 11.3 Å². The van der Waals surface area contributed by atoms with Crippen LogP contribution in [-0.4, -0.2) is 14.6 Å². The molecule has 0 saturated heterocycles. The first-order chi connectivity index (χ1) is 13.0. The van der Waals surface area contributed by atoms with Crippen LogP contribution in [0.4, 0.5) is 8.78 Å². The summed E-state index contributed by atoms with van der Waals surface area (Å²) in [6.07, 6.45) is 1.66. The Morgan fingerprint density at radius 2 is 1.81 bits per heavy atom. The fraction of sp³-hybridized carbons (Fsp3) is 0.0526. The zero-order valence-corrected chi connectivity index (χ0v) is 14.5. The molecule has 0 amide bonds. The Hall–Kier alpha value is -3.26. The highest BCUT2D eigenvalue weighted by molar-refractivity contribution is 7.15. The summed E-state index contributed by atoms with van der Waals surface area (Å²) in [5.41, 5.74) is 0.307. The van der Waals surface area contributed by atoms with E-state index in [1.165, 1.54) is 30.3 Å². The van der Waals surface area contributed by atoms with Crippen LogP contribution in [0, 0.1) is 11.6 Å². The second-order valence-electron chi connectivity index (χ2n) is 5.83. The molecule has 0 N–H and O–H groups in total. The van der Waals surface area contributed by atoms with Gasteiger partial charge in [-0.15, -0.1) is 0 Å². The lowest BCUT2D eigenvalue weighted by atomic mass is 10.1. The van der Waals surface area contributed by atoms with E-state index in [2.05, 4.69) is 10.1 Å². The molecule has 0 fully saturated rings. The minimum Gasteiger partial charge on any atom is -0.266 e. The van der Waals surface area contributed by atoms with Gasteiger partial charge in [-0.05, 0) is 41.5 Å². The Balaban J connectivity index is 1.80. The Morgan fingerprint density at radius 3 is 2.56 bits per heavy atom. The van der Waals surface area contributed by atoms with Gasteiger partial charge >= 0.3 is 0 Å². The molecule has 4 rings (SSSR count).